The van der Waals surface area contributed by atoms with E-state index in [9.17, 15) is 17.8 Å². The first-order valence-corrected chi connectivity index (χ1v) is 9.83. The van der Waals surface area contributed by atoms with Crippen LogP contribution in [0.3, 0.4) is 0 Å². The molecule has 0 atom stereocenters. The Morgan fingerprint density at radius 1 is 0.931 bits per heavy atom. The molecule has 0 aliphatic carbocycles. The summed E-state index contributed by atoms with van der Waals surface area (Å²) in [7, 11) is 1.23. The van der Waals surface area contributed by atoms with Crippen molar-refractivity contribution in [3.05, 3.63) is 59.2 Å². The smallest absolute Gasteiger partial charge is 0.295 e. The highest BCUT2D eigenvalue weighted by Gasteiger charge is 2.23. The molecule has 29 heavy (non-hydrogen) atoms. The number of methoxy groups -OCH3 is 4. The Bertz CT molecular complexity index is 952. The zero-order valence-electron chi connectivity index (χ0n) is 16.4. The van der Waals surface area contributed by atoms with Crippen LogP contribution in [0.1, 0.15) is 34.1 Å². The van der Waals surface area contributed by atoms with Crippen LogP contribution in [-0.4, -0.2) is 47.3 Å². The van der Waals surface area contributed by atoms with Crippen molar-refractivity contribution in [2.24, 2.45) is 0 Å². The quantitative estimate of drug-likeness (QED) is 0.465. The molecular formula is C19H23NO8S. The lowest BCUT2D eigenvalue weighted by Gasteiger charge is -2.21. The number of amides is 1. The molecule has 0 unspecified atom stereocenters. The fourth-order valence-corrected chi connectivity index (χ4v) is 3.51. The molecule has 2 N–H and O–H groups in total. The van der Waals surface area contributed by atoms with Crippen LogP contribution in [0.25, 0.3) is 0 Å². The van der Waals surface area contributed by atoms with Crippen LogP contribution >= 0.6 is 0 Å². The van der Waals surface area contributed by atoms with Gasteiger partial charge in [-0.3, -0.25) is 9.35 Å². The predicted molar refractivity (Wildman–Crippen MR) is 104 cm³/mol. The van der Waals surface area contributed by atoms with Gasteiger partial charge in [-0.15, -0.1) is 0 Å². The molecule has 0 aliphatic rings. The summed E-state index contributed by atoms with van der Waals surface area (Å²) in [5, 5.41) is 2.65. The van der Waals surface area contributed by atoms with Gasteiger partial charge in [0.2, 0.25) is 0 Å². The van der Waals surface area contributed by atoms with Crippen molar-refractivity contribution in [2.45, 2.75) is 17.5 Å². The number of nitrogens with one attached hydrogen (secondary N) is 1. The van der Waals surface area contributed by atoms with Gasteiger partial charge in [0.1, 0.15) is 4.90 Å². The number of hydrogen-bond donors (Lipinski definition) is 2. The van der Waals surface area contributed by atoms with E-state index in [1.165, 1.54) is 46.6 Å². The highest BCUT2D eigenvalue weighted by atomic mass is 32.2. The number of carbonyl (C=O) groups is 1. The zero-order valence-corrected chi connectivity index (χ0v) is 17.2. The van der Waals surface area contributed by atoms with Crippen LogP contribution in [0.4, 0.5) is 5.69 Å². The van der Waals surface area contributed by atoms with Crippen molar-refractivity contribution < 1.29 is 36.7 Å². The summed E-state index contributed by atoms with van der Waals surface area (Å²) in [5.41, 5.74) is 1.17. The molecule has 158 valence electrons. The maximum atomic E-state index is 12.8. The monoisotopic (exact) mass is 425 g/mol. The van der Waals surface area contributed by atoms with Gasteiger partial charge >= 0.3 is 0 Å². The lowest BCUT2D eigenvalue weighted by molar-refractivity contribution is -0.107. The average molecular weight is 425 g/mol. The summed E-state index contributed by atoms with van der Waals surface area (Å²) < 4.78 is 53.6. The number of benzene rings is 2. The lowest BCUT2D eigenvalue weighted by atomic mass is 10.1. The maximum Gasteiger partial charge on any atom is 0.295 e. The normalized spacial score (nSPS) is 11.8. The Morgan fingerprint density at radius 3 is 2.07 bits per heavy atom. The summed E-state index contributed by atoms with van der Waals surface area (Å²) >= 11 is 0. The van der Waals surface area contributed by atoms with Gasteiger partial charge in [-0.1, -0.05) is 24.3 Å². The molecule has 0 heterocycles. The summed E-state index contributed by atoms with van der Waals surface area (Å²) in [6.45, 7) is 0. The minimum Gasteiger partial charge on any atom is -0.352 e. The fraction of sp³-hybridized carbons (Fsp3) is 0.316. The van der Waals surface area contributed by atoms with Crippen LogP contribution in [0.15, 0.2) is 47.4 Å². The Kier molecular flexibility index (Phi) is 7.85. The topological polar surface area (TPSA) is 120 Å². The standard InChI is InChI=1S/C19H23NO8S/c1-25-18(26-2)12-9-10-13(19(27-3)28-4)15(11-12)20-17(21)14-7-5-6-8-16(14)29(22,23)24/h5-11,18-19H,1-4H3,(H,20,21)(H,22,23,24). The molecule has 2 aromatic rings. The predicted octanol–water partition coefficient (Wildman–Crippen LogP) is 2.77. The minimum atomic E-state index is -4.59. The van der Waals surface area contributed by atoms with Crippen molar-refractivity contribution in [1.29, 1.82) is 0 Å². The van der Waals surface area contributed by atoms with Crippen LogP contribution in [0.5, 0.6) is 0 Å². The number of rotatable bonds is 9. The second-order valence-electron chi connectivity index (χ2n) is 5.88. The number of hydrogen-bond acceptors (Lipinski definition) is 7. The molecule has 2 aromatic carbocycles. The Hall–Kier alpha value is -2.34. The molecule has 0 saturated carbocycles. The van der Waals surface area contributed by atoms with E-state index in [1.54, 1.807) is 18.2 Å². The second-order valence-corrected chi connectivity index (χ2v) is 7.27. The number of anilines is 1. The van der Waals surface area contributed by atoms with Gasteiger partial charge in [-0.05, 0) is 18.2 Å². The molecule has 0 bridgehead atoms. The first kappa shape index (κ1) is 22.9. The Balaban J connectivity index is 2.52. The van der Waals surface area contributed by atoms with Gasteiger partial charge in [-0.25, -0.2) is 0 Å². The van der Waals surface area contributed by atoms with Crippen LogP contribution in [0.2, 0.25) is 0 Å². The Morgan fingerprint density at radius 2 is 1.52 bits per heavy atom. The van der Waals surface area contributed by atoms with E-state index in [1.807, 2.05) is 0 Å². The summed E-state index contributed by atoms with van der Waals surface area (Å²) in [6.07, 6.45) is -1.48. The van der Waals surface area contributed by atoms with E-state index < -0.39 is 33.5 Å². The third kappa shape index (κ3) is 5.38. The second kappa shape index (κ2) is 9.92. The number of carbonyl (C=O) groups excluding carboxylic acids is 1. The minimum absolute atomic E-state index is 0.215. The highest BCUT2D eigenvalue weighted by Crippen LogP contribution is 2.31. The van der Waals surface area contributed by atoms with E-state index >= 15 is 0 Å². The van der Waals surface area contributed by atoms with Crippen molar-refractivity contribution in [3.63, 3.8) is 0 Å². The van der Waals surface area contributed by atoms with E-state index in [4.69, 9.17) is 18.9 Å². The van der Waals surface area contributed by atoms with Crippen molar-refractivity contribution >= 4 is 21.7 Å². The molecule has 0 aliphatic heterocycles. The van der Waals surface area contributed by atoms with Crippen molar-refractivity contribution in [3.8, 4) is 0 Å². The molecule has 0 spiro atoms. The van der Waals surface area contributed by atoms with Gasteiger partial charge in [-0.2, -0.15) is 8.42 Å². The maximum absolute atomic E-state index is 12.8. The van der Waals surface area contributed by atoms with Crippen LogP contribution in [0, 0.1) is 0 Å². The summed E-state index contributed by atoms with van der Waals surface area (Å²) in [6, 6.07) is 10.3. The van der Waals surface area contributed by atoms with E-state index in [2.05, 4.69) is 5.32 Å². The molecular weight excluding hydrogens is 402 g/mol. The third-order valence-corrected chi connectivity index (χ3v) is 5.03. The van der Waals surface area contributed by atoms with Gasteiger partial charge < -0.3 is 24.3 Å². The third-order valence-electron chi connectivity index (χ3n) is 4.12. The molecule has 0 aromatic heterocycles. The van der Waals surface area contributed by atoms with Crippen LogP contribution < -0.4 is 5.32 Å². The lowest BCUT2D eigenvalue weighted by Crippen LogP contribution is -2.19. The average Bonchev–Trinajstić information content (AvgIpc) is 2.70. The first-order valence-electron chi connectivity index (χ1n) is 8.39. The van der Waals surface area contributed by atoms with Gasteiger partial charge in [0.05, 0.1) is 5.56 Å². The molecule has 0 saturated heterocycles. The van der Waals surface area contributed by atoms with E-state index in [0.717, 1.165) is 6.07 Å². The molecule has 9 nitrogen and oxygen atoms in total. The van der Waals surface area contributed by atoms with Crippen molar-refractivity contribution in [1.82, 2.24) is 0 Å². The summed E-state index contributed by atoms with van der Waals surface area (Å²) in [4.78, 5) is 12.3. The van der Waals surface area contributed by atoms with Crippen molar-refractivity contribution in [2.75, 3.05) is 33.8 Å². The Labute approximate surface area is 169 Å². The molecule has 2 rings (SSSR count). The van der Waals surface area contributed by atoms with E-state index in [-0.39, 0.29) is 5.56 Å². The van der Waals surface area contributed by atoms with Crippen LogP contribution in [-0.2, 0) is 29.1 Å². The SMILES string of the molecule is COC(OC)c1ccc(C(OC)OC)c(NC(=O)c2ccccc2S(=O)(=O)O)c1. The molecule has 0 fully saturated rings. The fourth-order valence-electron chi connectivity index (χ4n) is 2.82. The zero-order chi connectivity index (χ0) is 21.6. The molecule has 0 radical (unpaired) electrons. The van der Waals surface area contributed by atoms with Gasteiger partial charge in [0, 0.05) is 45.3 Å². The highest BCUT2D eigenvalue weighted by molar-refractivity contribution is 7.86. The number of ether oxygens (including phenoxy) is 4. The van der Waals surface area contributed by atoms with E-state index in [0.29, 0.717) is 16.8 Å². The van der Waals surface area contributed by atoms with Gasteiger partial charge in [0.25, 0.3) is 16.0 Å². The largest absolute Gasteiger partial charge is 0.352 e. The molecule has 1 amide bonds. The molecule has 10 heteroatoms. The summed E-state index contributed by atoms with van der Waals surface area (Å²) in [5.74, 6) is -0.742. The van der Waals surface area contributed by atoms with Gasteiger partial charge in [0.15, 0.2) is 12.6 Å². The first-order chi connectivity index (χ1) is 13.8.